The molecule has 1 N–H and O–H groups in total. The third-order valence-corrected chi connectivity index (χ3v) is 4.31. The van der Waals surface area contributed by atoms with Gasteiger partial charge in [-0.05, 0) is 37.0 Å². The molecule has 4 nitrogen and oxygen atoms in total. The number of hydrogen-bond donors (Lipinski definition) is 1. The van der Waals surface area contributed by atoms with E-state index in [9.17, 15) is 4.79 Å². The zero-order valence-corrected chi connectivity index (χ0v) is 12.1. The fourth-order valence-corrected chi connectivity index (χ4v) is 3.08. The average Bonchev–Trinajstić information content (AvgIpc) is 3.27. The van der Waals surface area contributed by atoms with Crippen LogP contribution in [0, 0.1) is 5.92 Å². The predicted molar refractivity (Wildman–Crippen MR) is 77.9 cm³/mol. The molecule has 2 fully saturated rings. The van der Waals surface area contributed by atoms with Crippen molar-refractivity contribution < 1.29 is 9.53 Å². The highest BCUT2D eigenvalue weighted by Crippen LogP contribution is 2.49. The van der Waals surface area contributed by atoms with Gasteiger partial charge in [0, 0.05) is 31.6 Å². The van der Waals surface area contributed by atoms with E-state index in [0.717, 1.165) is 31.8 Å². The first-order chi connectivity index (χ1) is 9.69. The molecule has 1 aliphatic carbocycles. The molecule has 1 saturated heterocycles. The number of nitrogens with zero attached hydrogens (tertiary/aromatic N) is 1. The van der Waals surface area contributed by atoms with Crippen LogP contribution in [-0.4, -0.2) is 43.6 Å². The number of hydrogen-bond acceptors (Lipinski definition) is 3. The monoisotopic (exact) mass is 274 g/mol. The fourth-order valence-electron chi connectivity index (χ4n) is 3.08. The zero-order valence-electron chi connectivity index (χ0n) is 12.1. The van der Waals surface area contributed by atoms with Crippen LogP contribution in [0.3, 0.4) is 0 Å². The molecule has 1 aromatic carbocycles. The van der Waals surface area contributed by atoms with Crippen molar-refractivity contribution in [3.63, 3.8) is 0 Å². The summed E-state index contributed by atoms with van der Waals surface area (Å²) in [7, 11) is 1.68. The minimum absolute atomic E-state index is 0.174. The third kappa shape index (κ3) is 2.66. The molecule has 3 rings (SSSR count). The Labute approximate surface area is 120 Å². The maximum absolute atomic E-state index is 12.5. The third-order valence-electron chi connectivity index (χ3n) is 4.31. The van der Waals surface area contributed by atoms with Crippen molar-refractivity contribution in [2.24, 2.45) is 5.92 Å². The normalized spacial score (nSPS) is 29.1. The van der Waals surface area contributed by atoms with E-state index in [1.807, 2.05) is 17.0 Å². The van der Waals surface area contributed by atoms with E-state index in [4.69, 9.17) is 4.74 Å². The van der Waals surface area contributed by atoms with Crippen LogP contribution in [0.1, 0.15) is 24.8 Å². The lowest BCUT2D eigenvalue weighted by Crippen LogP contribution is -2.51. The Kier molecular flexibility index (Phi) is 3.66. The number of carbonyl (C=O) groups is 1. The predicted octanol–water partition coefficient (Wildman–Crippen LogP) is 1.62. The summed E-state index contributed by atoms with van der Waals surface area (Å²) in [5.41, 5.74) is 1.23. The van der Waals surface area contributed by atoms with Crippen molar-refractivity contribution in [2.75, 3.05) is 26.7 Å². The van der Waals surface area contributed by atoms with Crippen LogP contribution in [0.5, 0.6) is 5.75 Å². The van der Waals surface area contributed by atoms with E-state index in [-0.39, 0.29) is 5.92 Å². The topological polar surface area (TPSA) is 41.6 Å². The first-order valence-corrected chi connectivity index (χ1v) is 7.35. The number of rotatable bonds is 3. The Bertz CT molecular complexity index is 503. The Morgan fingerprint density at radius 3 is 3.05 bits per heavy atom. The molecule has 1 saturated carbocycles. The lowest BCUT2D eigenvalue weighted by atomic mass is 10.1. The lowest BCUT2D eigenvalue weighted by Gasteiger charge is -2.32. The molecule has 1 amide bonds. The summed E-state index contributed by atoms with van der Waals surface area (Å²) in [6.45, 7) is 4.71. The first kappa shape index (κ1) is 13.4. The average molecular weight is 274 g/mol. The summed E-state index contributed by atoms with van der Waals surface area (Å²) in [5, 5.41) is 3.37. The summed E-state index contributed by atoms with van der Waals surface area (Å²) in [5.74, 6) is 1.75. The van der Waals surface area contributed by atoms with E-state index < -0.39 is 0 Å². The maximum atomic E-state index is 12.5. The molecular weight excluding hydrogens is 252 g/mol. The van der Waals surface area contributed by atoms with Gasteiger partial charge in [0.25, 0.3) is 0 Å². The minimum atomic E-state index is 0.174. The molecular formula is C16H22N2O2. The van der Waals surface area contributed by atoms with Crippen LogP contribution in [0.15, 0.2) is 24.3 Å². The van der Waals surface area contributed by atoms with Crippen LogP contribution in [0.25, 0.3) is 0 Å². The van der Waals surface area contributed by atoms with Crippen LogP contribution in [-0.2, 0) is 4.79 Å². The number of nitrogens with one attached hydrogen (secondary N) is 1. The van der Waals surface area contributed by atoms with Gasteiger partial charge in [0.15, 0.2) is 0 Å². The van der Waals surface area contributed by atoms with Gasteiger partial charge in [-0.3, -0.25) is 4.79 Å². The second kappa shape index (κ2) is 5.44. The minimum Gasteiger partial charge on any atom is -0.497 e. The van der Waals surface area contributed by atoms with Crippen molar-refractivity contribution in [2.45, 2.75) is 25.3 Å². The van der Waals surface area contributed by atoms with E-state index in [1.54, 1.807) is 7.11 Å². The first-order valence-electron chi connectivity index (χ1n) is 7.35. The Morgan fingerprint density at radius 2 is 2.30 bits per heavy atom. The number of methoxy groups -OCH3 is 1. The molecule has 0 aromatic heterocycles. The highest BCUT2D eigenvalue weighted by Gasteiger charge is 2.46. The Morgan fingerprint density at radius 1 is 1.45 bits per heavy atom. The highest BCUT2D eigenvalue weighted by molar-refractivity contribution is 5.83. The molecule has 0 bridgehead atoms. The van der Waals surface area contributed by atoms with Crippen molar-refractivity contribution in [3.8, 4) is 5.75 Å². The van der Waals surface area contributed by atoms with Gasteiger partial charge in [-0.1, -0.05) is 12.1 Å². The Balaban J connectivity index is 1.64. The van der Waals surface area contributed by atoms with Gasteiger partial charge in [0.1, 0.15) is 5.75 Å². The molecule has 3 atom stereocenters. The van der Waals surface area contributed by atoms with E-state index in [0.29, 0.717) is 17.9 Å². The van der Waals surface area contributed by atoms with E-state index >= 15 is 0 Å². The largest absolute Gasteiger partial charge is 0.497 e. The van der Waals surface area contributed by atoms with E-state index in [1.165, 1.54) is 5.56 Å². The van der Waals surface area contributed by atoms with Crippen LogP contribution >= 0.6 is 0 Å². The highest BCUT2D eigenvalue weighted by atomic mass is 16.5. The lowest BCUT2D eigenvalue weighted by molar-refractivity contribution is -0.133. The SMILES string of the molecule is COc1cccc(C2CC2C(=O)N2CCNC(C)C2)c1. The summed E-state index contributed by atoms with van der Waals surface area (Å²) in [4.78, 5) is 14.5. The van der Waals surface area contributed by atoms with Gasteiger partial charge in [-0.15, -0.1) is 0 Å². The standard InChI is InChI=1S/C16H22N2O2/c1-11-10-18(7-6-17-11)16(19)15-9-14(15)12-4-3-5-13(8-12)20-2/h3-5,8,11,14-15,17H,6-7,9-10H2,1-2H3. The second-order valence-electron chi connectivity index (χ2n) is 5.86. The summed E-state index contributed by atoms with van der Waals surface area (Å²) >= 11 is 0. The maximum Gasteiger partial charge on any atom is 0.226 e. The molecule has 1 aromatic rings. The van der Waals surface area contributed by atoms with Gasteiger partial charge >= 0.3 is 0 Å². The van der Waals surface area contributed by atoms with Gasteiger partial charge in [-0.25, -0.2) is 0 Å². The van der Waals surface area contributed by atoms with Crippen molar-refractivity contribution in [1.82, 2.24) is 10.2 Å². The zero-order chi connectivity index (χ0) is 14.1. The van der Waals surface area contributed by atoms with E-state index in [2.05, 4.69) is 24.4 Å². The van der Waals surface area contributed by atoms with Crippen LogP contribution in [0.2, 0.25) is 0 Å². The van der Waals surface area contributed by atoms with Gasteiger partial charge < -0.3 is 15.0 Å². The van der Waals surface area contributed by atoms with Crippen LogP contribution < -0.4 is 10.1 Å². The van der Waals surface area contributed by atoms with Gasteiger partial charge in [0.05, 0.1) is 7.11 Å². The molecule has 0 radical (unpaired) electrons. The quantitative estimate of drug-likeness (QED) is 0.910. The fraction of sp³-hybridized carbons (Fsp3) is 0.562. The van der Waals surface area contributed by atoms with Crippen molar-refractivity contribution >= 4 is 5.91 Å². The van der Waals surface area contributed by atoms with Crippen molar-refractivity contribution in [1.29, 1.82) is 0 Å². The molecule has 4 heteroatoms. The number of ether oxygens (including phenoxy) is 1. The molecule has 20 heavy (non-hydrogen) atoms. The number of piperazine rings is 1. The van der Waals surface area contributed by atoms with Gasteiger partial charge in [0.2, 0.25) is 5.91 Å². The number of amides is 1. The smallest absolute Gasteiger partial charge is 0.226 e. The molecule has 3 unspecified atom stereocenters. The molecule has 1 heterocycles. The van der Waals surface area contributed by atoms with Gasteiger partial charge in [-0.2, -0.15) is 0 Å². The second-order valence-corrected chi connectivity index (χ2v) is 5.86. The molecule has 0 spiro atoms. The Hall–Kier alpha value is -1.55. The van der Waals surface area contributed by atoms with Crippen LogP contribution in [0.4, 0.5) is 0 Å². The summed E-state index contributed by atoms with van der Waals surface area (Å²) in [6.07, 6.45) is 0.976. The molecule has 2 aliphatic rings. The number of carbonyl (C=O) groups excluding carboxylic acids is 1. The van der Waals surface area contributed by atoms with Crippen molar-refractivity contribution in [3.05, 3.63) is 29.8 Å². The molecule has 1 aliphatic heterocycles. The summed E-state index contributed by atoms with van der Waals surface area (Å²) < 4.78 is 5.26. The summed E-state index contributed by atoms with van der Waals surface area (Å²) in [6, 6.07) is 8.50. The number of benzene rings is 1. The molecule has 108 valence electrons.